The van der Waals surface area contributed by atoms with Crippen molar-refractivity contribution in [2.45, 2.75) is 17.4 Å². The third kappa shape index (κ3) is 2.76. The average molecular weight is 285 g/mol. The molecule has 7 heteroatoms. The van der Waals surface area contributed by atoms with E-state index in [1.807, 2.05) is 0 Å². The van der Waals surface area contributed by atoms with Crippen LogP contribution in [0.1, 0.15) is 12.5 Å². The fourth-order valence-electron chi connectivity index (χ4n) is 1.61. The highest BCUT2D eigenvalue weighted by molar-refractivity contribution is 7.90. The number of carbonyl (C=O) groups is 2. The van der Waals surface area contributed by atoms with Crippen molar-refractivity contribution in [3.8, 4) is 0 Å². The van der Waals surface area contributed by atoms with E-state index in [-0.39, 0.29) is 4.90 Å². The maximum absolute atomic E-state index is 11.4. The van der Waals surface area contributed by atoms with E-state index in [9.17, 15) is 23.1 Å². The van der Waals surface area contributed by atoms with Crippen LogP contribution in [0, 0.1) is 0 Å². The fraction of sp³-hybridized carbons (Fsp3) is 0.333. The number of likely N-dealkylation sites (N-methyl/N-ethyl adjacent to an activating group) is 1. The molecule has 0 fully saturated rings. The van der Waals surface area contributed by atoms with Crippen LogP contribution in [0.4, 0.5) is 0 Å². The Hall–Kier alpha value is -1.89. The van der Waals surface area contributed by atoms with Gasteiger partial charge in [-0.15, -0.1) is 0 Å². The first-order chi connectivity index (χ1) is 8.64. The Morgan fingerprint density at radius 3 is 2.11 bits per heavy atom. The zero-order valence-corrected chi connectivity index (χ0v) is 11.6. The van der Waals surface area contributed by atoms with Crippen LogP contribution >= 0.6 is 0 Å². The summed E-state index contributed by atoms with van der Waals surface area (Å²) in [5, 5.41) is 9.30. The van der Waals surface area contributed by atoms with Crippen LogP contribution in [0.5, 0.6) is 0 Å². The van der Waals surface area contributed by atoms with Gasteiger partial charge in [-0.05, 0) is 24.6 Å². The number of hydrogen-bond donors (Lipinski definition) is 1. The van der Waals surface area contributed by atoms with Gasteiger partial charge in [0, 0.05) is 13.3 Å². The largest absolute Gasteiger partial charge is 0.479 e. The number of amides is 1. The number of sulfone groups is 1. The molecule has 0 aliphatic carbocycles. The Kier molecular flexibility index (Phi) is 4.00. The predicted octanol–water partition coefficient (Wildman–Crippen LogP) is 0.478. The smallest absolute Gasteiger partial charge is 0.334 e. The standard InChI is InChI=1S/C12H15NO5S/c1-12(11(15)16,13(2)8-14)9-4-6-10(7-5-9)19(3,17)18/h4-8H,1-3H3,(H,15,16). The van der Waals surface area contributed by atoms with Crippen LogP contribution in [-0.2, 0) is 25.0 Å². The van der Waals surface area contributed by atoms with E-state index in [1.165, 1.54) is 38.2 Å². The molecule has 1 rings (SSSR count). The molecule has 1 aromatic rings. The molecule has 0 spiro atoms. The highest BCUT2D eigenvalue weighted by Crippen LogP contribution is 2.27. The lowest BCUT2D eigenvalue weighted by molar-refractivity contribution is -0.153. The SMILES string of the molecule is CN(C=O)C(C)(C(=O)O)c1ccc(S(C)(=O)=O)cc1. The summed E-state index contributed by atoms with van der Waals surface area (Å²) in [5.74, 6) is -1.20. The number of nitrogens with zero attached hydrogens (tertiary/aromatic N) is 1. The van der Waals surface area contributed by atoms with Crippen LogP contribution < -0.4 is 0 Å². The third-order valence-electron chi connectivity index (χ3n) is 3.12. The van der Waals surface area contributed by atoms with E-state index in [2.05, 4.69) is 0 Å². The van der Waals surface area contributed by atoms with Gasteiger partial charge in [0.1, 0.15) is 0 Å². The summed E-state index contributed by atoms with van der Waals surface area (Å²) in [4.78, 5) is 23.3. The molecule has 1 amide bonds. The zero-order chi connectivity index (χ0) is 14.8. The monoisotopic (exact) mass is 285 g/mol. The summed E-state index contributed by atoms with van der Waals surface area (Å²) in [5.41, 5.74) is -1.22. The van der Waals surface area contributed by atoms with Crippen molar-refractivity contribution in [2.24, 2.45) is 0 Å². The highest BCUT2D eigenvalue weighted by Gasteiger charge is 2.39. The third-order valence-corrected chi connectivity index (χ3v) is 4.25. The van der Waals surface area contributed by atoms with Crippen molar-refractivity contribution in [3.63, 3.8) is 0 Å². The number of rotatable bonds is 5. The molecule has 6 nitrogen and oxygen atoms in total. The lowest BCUT2D eigenvalue weighted by atomic mass is 9.91. The first-order valence-electron chi connectivity index (χ1n) is 5.36. The Labute approximate surface area is 111 Å². The van der Waals surface area contributed by atoms with Crippen molar-refractivity contribution in [1.29, 1.82) is 0 Å². The van der Waals surface area contributed by atoms with Crippen molar-refractivity contribution in [1.82, 2.24) is 4.90 Å². The van der Waals surface area contributed by atoms with Gasteiger partial charge < -0.3 is 10.0 Å². The Bertz CT molecular complexity index is 593. The number of carboxylic acids is 1. The van der Waals surface area contributed by atoms with Gasteiger partial charge >= 0.3 is 5.97 Å². The van der Waals surface area contributed by atoms with Crippen LogP contribution in [0.25, 0.3) is 0 Å². The summed E-state index contributed by atoms with van der Waals surface area (Å²) in [6, 6.07) is 5.43. The van der Waals surface area contributed by atoms with Gasteiger partial charge in [-0.1, -0.05) is 12.1 Å². The first kappa shape index (κ1) is 15.2. The van der Waals surface area contributed by atoms with Crippen molar-refractivity contribution >= 4 is 22.2 Å². The Morgan fingerprint density at radius 2 is 1.79 bits per heavy atom. The van der Waals surface area contributed by atoms with Gasteiger partial charge in [0.05, 0.1) is 4.90 Å². The molecule has 1 atom stereocenters. The van der Waals surface area contributed by atoms with Gasteiger partial charge in [-0.3, -0.25) is 4.79 Å². The molecule has 0 aromatic heterocycles. The van der Waals surface area contributed by atoms with E-state index in [0.29, 0.717) is 12.0 Å². The van der Waals surface area contributed by atoms with Crippen molar-refractivity contribution < 1.29 is 23.1 Å². The number of aliphatic carboxylic acids is 1. The molecular weight excluding hydrogens is 270 g/mol. The molecule has 0 heterocycles. The molecule has 1 N–H and O–H groups in total. The van der Waals surface area contributed by atoms with E-state index in [0.717, 1.165) is 11.2 Å². The average Bonchev–Trinajstić information content (AvgIpc) is 2.35. The Balaban J connectivity index is 3.35. The van der Waals surface area contributed by atoms with Gasteiger partial charge in [-0.25, -0.2) is 13.2 Å². The molecular formula is C12H15NO5S. The molecule has 0 saturated carbocycles. The molecule has 0 saturated heterocycles. The molecule has 0 bridgehead atoms. The minimum atomic E-state index is -3.34. The summed E-state index contributed by atoms with van der Waals surface area (Å²) >= 11 is 0. The summed E-state index contributed by atoms with van der Waals surface area (Å²) in [6.45, 7) is 1.37. The van der Waals surface area contributed by atoms with E-state index < -0.39 is 21.3 Å². The predicted molar refractivity (Wildman–Crippen MR) is 68.4 cm³/mol. The second kappa shape index (κ2) is 5.00. The fourth-order valence-corrected chi connectivity index (χ4v) is 2.24. The molecule has 1 unspecified atom stereocenters. The van der Waals surface area contributed by atoms with Crippen molar-refractivity contribution in [2.75, 3.05) is 13.3 Å². The number of benzene rings is 1. The molecule has 19 heavy (non-hydrogen) atoms. The number of carbonyl (C=O) groups excluding carboxylic acids is 1. The van der Waals surface area contributed by atoms with Crippen LogP contribution in [0.15, 0.2) is 29.2 Å². The molecule has 0 aliphatic heterocycles. The van der Waals surface area contributed by atoms with Gasteiger partial charge in [0.25, 0.3) is 0 Å². The van der Waals surface area contributed by atoms with E-state index in [1.54, 1.807) is 0 Å². The maximum atomic E-state index is 11.4. The summed E-state index contributed by atoms with van der Waals surface area (Å²) in [6.07, 6.45) is 1.48. The summed E-state index contributed by atoms with van der Waals surface area (Å²) in [7, 11) is -1.99. The quantitative estimate of drug-likeness (QED) is 0.794. The maximum Gasteiger partial charge on any atom is 0.334 e. The zero-order valence-electron chi connectivity index (χ0n) is 10.8. The van der Waals surface area contributed by atoms with E-state index in [4.69, 9.17) is 0 Å². The molecule has 0 aliphatic rings. The summed E-state index contributed by atoms with van der Waals surface area (Å²) < 4.78 is 22.7. The first-order valence-corrected chi connectivity index (χ1v) is 7.25. The normalized spacial score (nSPS) is 14.5. The van der Waals surface area contributed by atoms with Crippen molar-refractivity contribution in [3.05, 3.63) is 29.8 Å². The molecule has 0 radical (unpaired) electrons. The number of hydrogen-bond acceptors (Lipinski definition) is 4. The Morgan fingerprint density at radius 1 is 1.32 bits per heavy atom. The van der Waals surface area contributed by atoms with Crippen LogP contribution in [0.3, 0.4) is 0 Å². The minimum Gasteiger partial charge on any atom is -0.479 e. The second-order valence-electron chi connectivity index (χ2n) is 4.39. The molecule has 1 aromatic carbocycles. The van der Waals surface area contributed by atoms with Crippen LogP contribution in [-0.4, -0.2) is 44.1 Å². The van der Waals surface area contributed by atoms with Crippen LogP contribution in [0.2, 0.25) is 0 Å². The van der Waals surface area contributed by atoms with Gasteiger partial charge in [0.15, 0.2) is 15.4 Å². The van der Waals surface area contributed by atoms with Gasteiger partial charge in [-0.2, -0.15) is 0 Å². The second-order valence-corrected chi connectivity index (χ2v) is 6.41. The minimum absolute atomic E-state index is 0.0951. The lowest BCUT2D eigenvalue weighted by Crippen LogP contribution is -2.47. The lowest BCUT2D eigenvalue weighted by Gasteiger charge is -2.32. The van der Waals surface area contributed by atoms with Gasteiger partial charge in [0.2, 0.25) is 6.41 Å². The highest BCUT2D eigenvalue weighted by atomic mass is 32.2. The topological polar surface area (TPSA) is 91.8 Å². The number of carboxylic acid groups (broad SMARTS) is 1. The van der Waals surface area contributed by atoms with E-state index >= 15 is 0 Å². The molecule has 104 valence electrons.